The molecular formula is C19H25N3O4. The highest BCUT2D eigenvalue weighted by Crippen LogP contribution is 2.15. The third kappa shape index (κ3) is 5.34. The molecule has 0 bridgehead atoms. The third-order valence-corrected chi connectivity index (χ3v) is 4.13. The first-order valence-electron chi connectivity index (χ1n) is 8.52. The number of esters is 1. The highest BCUT2D eigenvalue weighted by molar-refractivity contribution is 5.94. The number of hydrogen-bond donors (Lipinski definition) is 0. The topological polar surface area (TPSA) is 73.7 Å². The van der Waals surface area contributed by atoms with Gasteiger partial charge >= 0.3 is 5.97 Å². The summed E-state index contributed by atoms with van der Waals surface area (Å²) >= 11 is 0. The van der Waals surface area contributed by atoms with Crippen LogP contribution in [0.3, 0.4) is 0 Å². The first kappa shape index (κ1) is 19.5. The Hall–Kier alpha value is -2.83. The fourth-order valence-electron chi connectivity index (χ4n) is 2.66. The predicted octanol–water partition coefficient (Wildman–Crippen LogP) is 2.23. The zero-order chi connectivity index (χ0) is 18.9. The van der Waals surface area contributed by atoms with E-state index in [0.29, 0.717) is 24.4 Å². The lowest BCUT2D eigenvalue weighted by Crippen LogP contribution is -2.38. The van der Waals surface area contributed by atoms with Crippen molar-refractivity contribution in [1.82, 2.24) is 14.5 Å². The quantitative estimate of drug-likeness (QED) is 0.642. The van der Waals surface area contributed by atoms with Crippen LogP contribution in [0.15, 0.2) is 43.0 Å². The fourth-order valence-corrected chi connectivity index (χ4v) is 2.66. The second-order valence-corrected chi connectivity index (χ2v) is 6.06. The molecule has 7 nitrogen and oxygen atoms in total. The van der Waals surface area contributed by atoms with Gasteiger partial charge in [0.1, 0.15) is 5.75 Å². The number of carbonyl (C=O) groups is 2. The number of ether oxygens (including phenoxy) is 2. The van der Waals surface area contributed by atoms with Gasteiger partial charge in [-0.1, -0.05) is 6.92 Å². The minimum atomic E-state index is -0.393. The smallest absolute Gasteiger partial charge is 0.310 e. The Bertz CT molecular complexity index is 698. The Morgan fingerprint density at radius 3 is 2.54 bits per heavy atom. The van der Waals surface area contributed by atoms with Crippen molar-refractivity contribution >= 4 is 11.9 Å². The van der Waals surface area contributed by atoms with Gasteiger partial charge in [0.15, 0.2) is 0 Å². The molecular weight excluding hydrogens is 334 g/mol. The van der Waals surface area contributed by atoms with Crippen LogP contribution in [0.5, 0.6) is 5.75 Å². The van der Waals surface area contributed by atoms with Gasteiger partial charge in [0.05, 0.1) is 26.5 Å². The number of methoxy groups -OCH3 is 2. The number of hydrogen-bond acceptors (Lipinski definition) is 5. The van der Waals surface area contributed by atoms with Crippen LogP contribution in [0.25, 0.3) is 0 Å². The normalized spacial score (nSPS) is 11.7. The Morgan fingerprint density at radius 2 is 1.96 bits per heavy atom. The molecule has 1 heterocycles. The van der Waals surface area contributed by atoms with Crippen LogP contribution < -0.4 is 4.74 Å². The Labute approximate surface area is 153 Å². The third-order valence-electron chi connectivity index (χ3n) is 4.13. The Morgan fingerprint density at radius 1 is 1.23 bits per heavy atom. The summed E-state index contributed by atoms with van der Waals surface area (Å²) in [6.45, 7) is 3.35. The molecule has 0 fully saturated rings. The maximum atomic E-state index is 12.9. The number of amides is 1. The minimum absolute atomic E-state index is 0.117. The van der Waals surface area contributed by atoms with Crippen molar-refractivity contribution < 1.29 is 19.1 Å². The molecule has 0 aliphatic carbocycles. The number of benzene rings is 1. The first-order valence-corrected chi connectivity index (χ1v) is 8.52. The number of nitrogens with zero attached hydrogens (tertiary/aromatic N) is 3. The summed E-state index contributed by atoms with van der Waals surface area (Å²) in [4.78, 5) is 30.4. The van der Waals surface area contributed by atoms with Gasteiger partial charge < -0.3 is 18.9 Å². The van der Waals surface area contributed by atoms with Gasteiger partial charge in [-0.25, -0.2) is 4.98 Å². The number of imidazole rings is 1. The van der Waals surface area contributed by atoms with Gasteiger partial charge in [-0.2, -0.15) is 0 Å². The van der Waals surface area contributed by atoms with E-state index in [9.17, 15) is 9.59 Å². The van der Waals surface area contributed by atoms with E-state index in [2.05, 4.69) is 4.98 Å². The van der Waals surface area contributed by atoms with Gasteiger partial charge in [0.2, 0.25) is 0 Å². The molecule has 0 aliphatic rings. The molecule has 1 atom stereocenters. The molecule has 0 aliphatic heterocycles. The summed E-state index contributed by atoms with van der Waals surface area (Å²) in [6, 6.07) is 6.96. The molecule has 2 aromatic rings. The van der Waals surface area contributed by atoms with Crippen molar-refractivity contribution in [2.24, 2.45) is 5.92 Å². The standard InChI is InChI=1S/C19H25N3O4/c1-15(19(24)26-3)13-22(11-4-10-21-12-9-20-14-21)18(23)16-5-7-17(25-2)8-6-16/h5-9,12,14-15H,4,10-11,13H2,1-3H3. The number of aromatic nitrogens is 2. The average molecular weight is 359 g/mol. The van der Waals surface area contributed by atoms with E-state index in [1.807, 2.05) is 10.8 Å². The maximum absolute atomic E-state index is 12.9. The van der Waals surface area contributed by atoms with Crippen LogP contribution in [0, 0.1) is 5.92 Å². The lowest BCUT2D eigenvalue weighted by atomic mass is 10.1. The van der Waals surface area contributed by atoms with Crippen LogP contribution in [0.4, 0.5) is 0 Å². The zero-order valence-corrected chi connectivity index (χ0v) is 15.4. The van der Waals surface area contributed by atoms with E-state index >= 15 is 0 Å². The molecule has 140 valence electrons. The molecule has 7 heteroatoms. The van der Waals surface area contributed by atoms with E-state index in [4.69, 9.17) is 9.47 Å². The Kier molecular flexibility index (Phi) is 7.20. The molecule has 1 unspecified atom stereocenters. The molecule has 0 spiro atoms. The molecule has 0 saturated heterocycles. The summed E-state index contributed by atoms with van der Waals surface area (Å²) in [6.07, 6.45) is 6.10. The van der Waals surface area contributed by atoms with Crippen molar-refractivity contribution in [2.45, 2.75) is 19.9 Å². The van der Waals surface area contributed by atoms with E-state index in [0.717, 1.165) is 13.0 Å². The second-order valence-electron chi connectivity index (χ2n) is 6.06. The lowest BCUT2D eigenvalue weighted by Gasteiger charge is -2.25. The number of carbonyl (C=O) groups excluding carboxylic acids is 2. The molecule has 1 aromatic carbocycles. The van der Waals surface area contributed by atoms with Gasteiger partial charge in [0.25, 0.3) is 5.91 Å². The molecule has 26 heavy (non-hydrogen) atoms. The van der Waals surface area contributed by atoms with Gasteiger partial charge in [-0.15, -0.1) is 0 Å². The SMILES string of the molecule is COC(=O)C(C)CN(CCCn1ccnc1)C(=O)c1ccc(OC)cc1. The van der Waals surface area contributed by atoms with Crippen molar-refractivity contribution in [1.29, 1.82) is 0 Å². The van der Waals surface area contributed by atoms with E-state index < -0.39 is 5.92 Å². The Balaban J connectivity index is 2.06. The predicted molar refractivity (Wildman–Crippen MR) is 96.9 cm³/mol. The molecule has 0 N–H and O–H groups in total. The molecule has 1 aromatic heterocycles. The largest absolute Gasteiger partial charge is 0.497 e. The number of rotatable bonds is 9. The van der Waals surface area contributed by atoms with Crippen LogP contribution in [0.1, 0.15) is 23.7 Å². The summed E-state index contributed by atoms with van der Waals surface area (Å²) < 4.78 is 11.9. The highest BCUT2D eigenvalue weighted by Gasteiger charge is 2.22. The molecule has 0 radical (unpaired) electrons. The lowest BCUT2D eigenvalue weighted by molar-refractivity contribution is -0.145. The summed E-state index contributed by atoms with van der Waals surface area (Å²) in [5, 5.41) is 0. The van der Waals surface area contributed by atoms with E-state index in [1.54, 1.807) is 55.7 Å². The van der Waals surface area contributed by atoms with Gasteiger partial charge in [0, 0.05) is 37.6 Å². The highest BCUT2D eigenvalue weighted by atomic mass is 16.5. The monoisotopic (exact) mass is 359 g/mol. The van der Waals surface area contributed by atoms with E-state index in [-0.39, 0.29) is 11.9 Å². The maximum Gasteiger partial charge on any atom is 0.310 e. The van der Waals surface area contributed by atoms with Crippen LogP contribution in [-0.4, -0.2) is 53.6 Å². The van der Waals surface area contributed by atoms with Crippen molar-refractivity contribution in [3.05, 3.63) is 48.5 Å². The van der Waals surface area contributed by atoms with Crippen LogP contribution in [-0.2, 0) is 16.1 Å². The summed E-state index contributed by atoms with van der Waals surface area (Å²) in [5.74, 6) is -0.146. The van der Waals surface area contributed by atoms with Crippen molar-refractivity contribution in [3.8, 4) is 5.75 Å². The first-order chi connectivity index (χ1) is 12.5. The van der Waals surface area contributed by atoms with Gasteiger partial charge in [-0.05, 0) is 30.7 Å². The van der Waals surface area contributed by atoms with Crippen molar-refractivity contribution in [3.63, 3.8) is 0 Å². The summed E-state index contributed by atoms with van der Waals surface area (Å²) in [5.41, 5.74) is 0.561. The van der Waals surface area contributed by atoms with Gasteiger partial charge in [-0.3, -0.25) is 9.59 Å². The minimum Gasteiger partial charge on any atom is -0.497 e. The van der Waals surface area contributed by atoms with E-state index in [1.165, 1.54) is 7.11 Å². The molecule has 0 saturated carbocycles. The summed E-state index contributed by atoms with van der Waals surface area (Å²) in [7, 11) is 2.94. The van der Waals surface area contributed by atoms with Crippen LogP contribution >= 0.6 is 0 Å². The van der Waals surface area contributed by atoms with Crippen LogP contribution in [0.2, 0.25) is 0 Å². The molecule has 2 rings (SSSR count). The number of aryl methyl sites for hydroxylation is 1. The second kappa shape index (κ2) is 9.60. The van der Waals surface area contributed by atoms with Crippen molar-refractivity contribution in [2.75, 3.05) is 27.3 Å². The zero-order valence-electron chi connectivity index (χ0n) is 15.4. The average Bonchev–Trinajstić information content (AvgIpc) is 3.19. The fraction of sp³-hybridized carbons (Fsp3) is 0.421. The molecule has 1 amide bonds.